The molecule has 1 aromatic rings. The zero-order valence-electron chi connectivity index (χ0n) is 11.6. The van der Waals surface area contributed by atoms with Crippen LogP contribution in [0, 0.1) is 5.92 Å². The molecule has 0 bridgehead atoms. The summed E-state index contributed by atoms with van der Waals surface area (Å²) in [6.45, 7) is 4.97. The van der Waals surface area contributed by atoms with Crippen LogP contribution in [0.5, 0.6) is 0 Å². The molecule has 3 atom stereocenters. The topological polar surface area (TPSA) is 40.5 Å². The summed E-state index contributed by atoms with van der Waals surface area (Å²) in [5.41, 5.74) is 0.579. The van der Waals surface area contributed by atoms with Crippen LogP contribution in [0.2, 0.25) is 10.0 Å². The summed E-state index contributed by atoms with van der Waals surface area (Å²) in [6, 6.07) is 5.12. The molecule has 1 aliphatic heterocycles. The molecular formula is C15H19Cl2NO2. The molecule has 0 radical (unpaired) electrons. The number of benzene rings is 1. The number of nitrogens with zero attached hydrogens (tertiary/aromatic N) is 1. The van der Waals surface area contributed by atoms with E-state index >= 15 is 0 Å². The number of amides is 1. The summed E-state index contributed by atoms with van der Waals surface area (Å²) < 4.78 is 0. The largest absolute Gasteiger partial charge is 0.388 e. The molecule has 1 N–H and O–H groups in total. The van der Waals surface area contributed by atoms with Crippen molar-refractivity contribution in [3.05, 3.63) is 33.8 Å². The lowest BCUT2D eigenvalue weighted by atomic mass is 10.0. The highest BCUT2D eigenvalue weighted by molar-refractivity contribution is 6.34. The molecular weight excluding hydrogens is 297 g/mol. The second-order valence-electron chi connectivity index (χ2n) is 5.52. The molecule has 1 aliphatic rings. The molecule has 1 fully saturated rings. The Morgan fingerprint density at radius 1 is 1.35 bits per heavy atom. The second kappa shape index (κ2) is 6.33. The maximum absolute atomic E-state index is 12.3. The fraction of sp³-hybridized carbons (Fsp3) is 0.533. The van der Waals surface area contributed by atoms with E-state index in [4.69, 9.17) is 23.2 Å². The highest BCUT2D eigenvalue weighted by atomic mass is 35.5. The lowest BCUT2D eigenvalue weighted by Crippen LogP contribution is -2.36. The first-order valence-electron chi connectivity index (χ1n) is 6.82. The normalized spacial score (nSPS) is 23.9. The molecule has 1 aromatic carbocycles. The van der Waals surface area contributed by atoms with Gasteiger partial charge in [-0.25, -0.2) is 0 Å². The van der Waals surface area contributed by atoms with Crippen LogP contribution >= 0.6 is 23.2 Å². The number of halogens is 2. The number of rotatable bonds is 3. The number of carbonyl (C=O) groups excluding carboxylic acids is 1. The van der Waals surface area contributed by atoms with Gasteiger partial charge in [-0.3, -0.25) is 4.79 Å². The third kappa shape index (κ3) is 3.46. The summed E-state index contributed by atoms with van der Waals surface area (Å²) in [5.74, 6) is 0.488. The molecule has 1 heterocycles. The van der Waals surface area contributed by atoms with Gasteiger partial charge in [0.15, 0.2) is 0 Å². The smallest absolute Gasteiger partial charge is 0.225 e. The minimum Gasteiger partial charge on any atom is -0.388 e. The van der Waals surface area contributed by atoms with Crippen LogP contribution in [0.1, 0.15) is 38.4 Å². The van der Waals surface area contributed by atoms with Gasteiger partial charge >= 0.3 is 0 Å². The Kier molecular flexibility index (Phi) is 4.95. The highest BCUT2D eigenvalue weighted by Gasteiger charge is 2.31. The second-order valence-corrected chi connectivity index (χ2v) is 6.39. The van der Waals surface area contributed by atoms with Gasteiger partial charge in [0.1, 0.15) is 0 Å². The number of carbonyl (C=O) groups is 1. The fourth-order valence-electron chi connectivity index (χ4n) is 2.61. The third-order valence-corrected chi connectivity index (χ3v) is 4.53. The molecule has 2 rings (SSSR count). The zero-order chi connectivity index (χ0) is 14.9. The number of hydrogen-bond acceptors (Lipinski definition) is 2. The van der Waals surface area contributed by atoms with Crippen LogP contribution in [-0.4, -0.2) is 28.5 Å². The first kappa shape index (κ1) is 15.6. The van der Waals surface area contributed by atoms with Crippen LogP contribution in [0.15, 0.2) is 18.2 Å². The Balaban J connectivity index is 2.04. The fourth-order valence-corrected chi connectivity index (χ4v) is 3.16. The van der Waals surface area contributed by atoms with Crippen molar-refractivity contribution in [1.82, 2.24) is 4.90 Å². The molecule has 1 saturated heterocycles. The number of aliphatic hydroxyl groups is 1. The van der Waals surface area contributed by atoms with E-state index in [0.29, 0.717) is 21.5 Å². The van der Waals surface area contributed by atoms with Crippen LogP contribution in [0.4, 0.5) is 0 Å². The van der Waals surface area contributed by atoms with Crippen LogP contribution < -0.4 is 0 Å². The van der Waals surface area contributed by atoms with E-state index in [1.165, 1.54) is 0 Å². The van der Waals surface area contributed by atoms with Gasteiger partial charge in [0.25, 0.3) is 0 Å². The molecule has 20 heavy (non-hydrogen) atoms. The van der Waals surface area contributed by atoms with Gasteiger partial charge in [-0.2, -0.15) is 0 Å². The Hall–Kier alpha value is -0.770. The summed E-state index contributed by atoms with van der Waals surface area (Å²) in [6.07, 6.45) is 0.210. The van der Waals surface area contributed by atoms with Gasteiger partial charge in [0.2, 0.25) is 5.91 Å². The van der Waals surface area contributed by atoms with Gasteiger partial charge in [-0.05, 0) is 43.0 Å². The molecule has 5 heteroatoms. The van der Waals surface area contributed by atoms with E-state index in [-0.39, 0.29) is 18.4 Å². The van der Waals surface area contributed by atoms with Crippen molar-refractivity contribution < 1.29 is 9.90 Å². The first-order valence-corrected chi connectivity index (χ1v) is 7.57. The lowest BCUT2D eigenvalue weighted by Gasteiger charge is -2.24. The Morgan fingerprint density at radius 2 is 1.95 bits per heavy atom. The standard InChI is InChI=1S/C15H19Cl2NO2/c1-9-3-4-18(10(9)2)15(20)8-14(19)11-5-12(16)7-13(17)6-11/h5-7,9-10,14,19H,3-4,8H2,1-2H3. The highest BCUT2D eigenvalue weighted by Crippen LogP contribution is 2.28. The van der Waals surface area contributed by atoms with Gasteiger partial charge in [-0.1, -0.05) is 30.1 Å². The van der Waals surface area contributed by atoms with Crippen molar-refractivity contribution in [3.63, 3.8) is 0 Å². The summed E-state index contributed by atoms with van der Waals surface area (Å²) in [4.78, 5) is 14.1. The average molecular weight is 316 g/mol. The molecule has 0 aliphatic carbocycles. The van der Waals surface area contributed by atoms with Gasteiger partial charge in [0, 0.05) is 22.6 Å². The van der Waals surface area contributed by atoms with E-state index < -0.39 is 6.10 Å². The minimum atomic E-state index is -0.873. The molecule has 3 nitrogen and oxygen atoms in total. The van der Waals surface area contributed by atoms with Crippen molar-refractivity contribution >= 4 is 29.1 Å². The van der Waals surface area contributed by atoms with Crippen molar-refractivity contribution in [3.8, 4) is 0 Å². The van der Waals surface area contributed by atoms with Crippen molar-refractivity contribution in [2.45, 2.75) is 38.8 Å². The quantitative estimate of drug-likeness (QED) is 0.924. The summed E-state index contributed by atoms with van der Waals surface area (Å²) in [7, 11) is 0. The van der Waals surface area contributed by atoms with Gasteiger partial charge in [0.05, 0.1) is 12.5 Å². The summed E-state index contributed by atoms with van der Waals surface area (Å²) in [5, 5.41) is 11.1. The Morgan fingerprint density at radius 3 is 2.45 bits per heavy atom. The maximum Gasteiger partial charge on any atom is 0.225 e. The summed E-state index contributed by atoms with van der Waals surface area (Å²) >= 11 is 11.8. The number of likely N-dealkylation sites (tertiary alicyclic amines) is 1. The Labute approximate surface area is 129 Å². The minimum absolute atomic E-state index is 0.0227. The third-order valence-electron chi connectivity index (χ3n) is 4.10. The van der Waals surface area contributed by atoms with E-state index in [9.17, 15) is 9.90 Å². The van der Waals surface area contributed by atoms with E-state index in [0.717, 1.165) is 13.0 Å². The van der Waals surface area contributed by atoms with E-state index in [2.05, 4.69) is 13.8 Å². The SMILES string of the molecule is CC1CCN(C(=O)CC(O)c2cc(Cl)cc(Cl)c2)C1C. The predicted octanol–water partition coefficient (Wildman–Crippen LogP) is 3.67. The number of hydrogen-bond donors (Lipinski definition) is 1. The molecule has 0 aromatic heterocycles. The zero-order valence-corrected chi connectivity index (χ0v) is 13.2. The number of aliphatic hydroxyl groups excluding tert-OH is 1. The van der Waals surface area contributed by atoms with E-state index in [1.807, 2.05) is 4.90 Å². The first-order chi connectivity index (χ1) is 9.38. The molecule has 0 spiro atoms. The molecule has 110 valence electrons. The monoisotopic (exact) mass is 315 g/mol. The van der Waals surface area contributed by atoms with Gasteiger partial charge in [-0.15, -0.1) is 0 Å². The average Bonchev–Trinajstić information content (AvgIpc) is 2.68. The molecule has 3 unspecified atom stereocenters. The van der Waals surface area contributed by atoms with Crippen LogP contribution in [-0.2, 0) is 4.79 Å². The molecule has 1 amide bonds. The van der Waals surface area contributed by atoms with Crippen molar-refractivity contribution in [2.75, 3.05) is 6.54 Å². The van der Waals surface area contributed by atoms with Crippen LogP contribution in [0.25, 0.3) is 0 Å². The maximum atomic E-state index is 12.3. The van der Waals surface area contributed by atoms with Gasteiger partial charge < -0.3 is 10.0 Å². The predicted molar refractivity (Wildman–Crippen MR) is 81.0 cm³/mol. The van der Waals surface area contributed by atoms with E-state index in [1.54, 1.807) is 18.2 Å². The molecule has 0 saturated carbocycles. The van der Waals surface area contributed by atoms with Crippen molar-refractivity contribution in [1.29, 1.82) is 0 Å². The van der Waals surface area contributed by atoms with Crippen molar-refractivity contribution in [2.24, 2.45) is 5.92 Å². The Bertz CT molecular complexity index is 486. The van der Waals surface area contributed by atoms with Crippen LogP contribution in [0.3, 0.4) is 0 Å². The lowest BCUT2D eigenvalue weighted by molar-refractivity contribution is -0.134.